The number of thiazole rings is 1. The fourth-order valence-electron chi connectivity index (χ4n) is 3.70. The lowest BCUT2D eigenvalue weighted by Gasteiger charge is -2.31. The number of rotatable bonds is 5. The molecule has 2 heterocycles. The van der Waals surface area contributed by atoms with Crippen LogP contribution in [-0.4, -0.2) is 36.7 Å². The smallest absolute Gasteiger partial charge is 0.243 e. The number of carbonyl (C=O) groups is 1. The van der Waals surface area contributed by atoms with Gasteiger partial charge in [-0.15, -0.1) is 11.3 Å². The molecule has 2 aromatic carbocycles. The number of sulfonamides is 1. The van der Waals surface area contributed by atoms with Crippen molar-refractivity contribution in [2.75, 3.05) is 18.4 Å². The van der Waals surface area contributed by atoms with Crippen LogP contribution in [-0.2, 0) is 14.8 Å². The standard InChI is InChI=1S/C23H24FN3O3S2/c1-15-5-6-17(12-16(15)2)21-14-31-23(25-21)26-22(28)18-4-3-11-27(13-18)32(29,30)20-9-7-19(24)8-10-20/h5-10,12,14,18H,3-4,11,13H2,1-2H3,(H,25,26,28). The fraction of sp³-hybridized carbons (Fsp3) is 0.304. The summed E-state index contributed by atoms with van der Waals surface area (Å²) in [5, 5.41) is 5.23. The summed E-state index contributed by atoms with van der Waals surface area (Å²) in [6.07, 6.45) is 1.17. The first kappa shape index (κ1) is 22.6. The molecule has 0 radical (unpaired) electrons. The number of aromatic nitrogens is 1. The predicted octanol–water partition coefficient (Wildman–Crippen LogP) is 4.61. The maximum absolute atomic E-state index is 13.2. The first-order valence-corrected chi connectivity index (χ1v) is 12.7. The van der Waals surface area contributed by atoms with Crippen LogP contribution >= 0.6 is 11.3 Å². The molecule has 6 nitrogen and oxygen atoms in total. The number of anilines is 1. The number of amides is 1. The first-order valence-electron chi connectivity index (χ1n) is 10.3. The van der Waals surface area contributed by atoms with E-state index < -0.39 is 21.8 Å². The van der Waals surface area contributed by atoms with Gasteiger partial charge in [0, 0.05) is 24.0 Å². The van der Waals surface area contributed by atoms with Crippen molar-refractivity contribution >= 4 is 32.4 Å². The van der Waals surface area contributed by atoms with Crippen molar-refractivity contribution in [3.8, 4) is 11.3 Å². The summed E-state index contributed by atoms with van der Waals surface area (Å²) >= 11 is 1.34. The Morgan fingerprint density at radius 3 is 2.62 bits per heavy atom. The van der Waals surface area contributed by atoms with Crippen LogP contribution in [0, 0.1) is 25.6 Å². The molecule has 0 bridgehead atoms. The predicted molar refractivity (Wildman–Crippen MR) is 124 cm³/mol. The summed E-state index contributed by atoms with van der Waals surface area (Å²) in [7, 11) is -3.78. The number of nitrogens with zero attached hydrogens (tertiary/aromatic N) is 2. The molecule has 0 saturated carbocycles. The molecule has 1 N–H and O–H groups in total. The highest BCUT2D eigenvalue weighted by atomic mass is 32.2. The molecule has 1 saturated heterocycles. The first-order chi connectivity index (χ1) is 15.2. The van der Waals surface area contributed by atoms with Gasteiger partial charge in [-0.25, -0.2) is 17.8 Å². The van der Waals surface area contributed by atoms with E-state index in [1.54, 1.807) is 0 Å². The second-order valence-electron chi connectivity index (χ2n) is 7.98. The zero-order valence-corrected chi connectivity index (χ0v) is 19.5. The van der Waals surface area contributed by atoms with Crippen LogP contribution in [0.1, 0.15) is 24.0 Å². The average molecular weight is 474 g/mol. The summed E-state index contributed by atoms with van der Waals surface area (Å²) in [6.45, 7) is 4.51. The summed E-state index contributed by atoms with van der Waals surface area (Å²) in [5.74, 6) is -1.22. The van der Waals surface area contributed by atoms with Crippen molar-refractivity contribution in [2.24, 2.45) is 5.92 Å². The Balaban J connectivity index is 1.44. The number of aryl methyl sites for hydroxylation is 2. The maximum atomic E-state index is 13.2. The largest absolute Gasteiger partial charge is 0.302 e. The number of hydrogen-bond donors (Lipinski definition) is 1. The fourth-order valence-corrected chi connectivity index (χ4v) is 5.95. The Bertz CT molecular complexity index is 1240. The third kappa shape index (κ3) is 4.74. The highest BCUT2D eigenvalue weighted by Gasteiger charge is 2.33. The number of nitrogens with one attached hydrogen (secondary N) is 1. The van der Waals surface area contributed by atoms with Gasteiger partial charge < -0.3 is 5.32 Å². The Kier molecular flexibility index (Phi) is 6.41. The zero-order chi connectivity index (χ0) is 22.9. The monoisotopic (exact) mass is 473 g/mol. The van der Waals surface area contributed by atoms with Crippen molar-refractivity contribution in [3.63, 3.8) is 0 Å². The van der Waals surface area contributed by atoms with Crippen molar-refractivity contribution in [1.29, 1.82) is 0 Å². The van der Waals surface area contributed by atoms with E-state index >= 15 is 0 Å². The lowest BCUT2D eigenvalue weighted by atomic mass is 9.99. The van der Waals surface area contributed by atoms with Gasteiger partial charge in [0.1, 0.15) is 5.82 Å². The minimum atomic E-state index is -3.78. The van der Waals surface area contributed by atoms with Gasteiger partial charge in [-0.05, 0) is 68.1 Å². The van der Waals surface area contributed by atoms with E-state index in [9.17, 15) is 17.6 Å². The second kappa shape index (κ2) is 9.09. The van der Waals surface area contributed by atoms with E-state index in [1.807, 2.05) is 24.4 Å². The summed E-state index contributed by atoms with van der Waals surface area (Å²) in [4.78, 5) is 17.4. The number of carbonyl (C=O) groups excluding carboxylic acids is 1. The molecular weight excluding hydrogens is 449 g/mol. The molecule has 32 heavy (non-hydrogen) atoms. The molecule has 1 aromatic heterocycles. The van der Waals surface area contributed by atoms with Crippen molar-refractivity contribution < 1.29 is 17.6 Å². The molecule has 0 spiro atoms. The van der Waals surface area contributed by atoms with Gasteiger partial charge in [-0.1, -0.05) is 12.1 Å². The SMILES string of the molecule is Cc1ccc(-c2csc(NC(=O)C3CCCN(S(=O)(=O)c4ccc(F)cc4)C3)n2)cc1C. The number of hydrogen-bond acceptors (Lipinski definition) is 5. The molecular formula is C23H24FN3O3S2. The molecule has 1 amide bonds. The summed E-state index contributed by atoms with van der Waals surface area (Å²) in [5.41, 5.74) is 4.15. The summed E-state index contributed by atoms with van der Waals surface area (Å²) < 4.78 is 40.3. The number of piperidine rings is 1. The Morgan fingerprint density at radius 1 is 1.16 bits per heavy atom. The second-order valence-corrected chi connectivity index (χ2v) is 10.8. The molecule has 4 rings (SSSR count). The van der Waals surface area contributed by atoms with Gasteiger partial charge in [0.05, 0.1) is 16.5 Å². The minimum Gasteiger partial charge on any atom is -0.302 e. The molecule has 9 heteroatoms. The van der Waals surface area contributed by atoms with Crippen LogP contribution in [0.5, 0.6) is 0 Å². The van der Waals surface area contributed by atoms with Crippen LogP contribution in [0.4, 0.5) is 9.52 Å². The van der Waals surface area contributed by atoms with Crippen LogP contribution in [0.3, 0.4) is 0 Å². The lowest BCUT2D eigenvalue weighted by molar-refractivity contribution is -0.120. The molecule has 1 fully saturated rings. The van der Waals surface area contributed by atoms with Gasteiger partial charge in [0.15, 0.2) is 5.13 Å². The number of benzene rings is 2. The topological polar surface area (TPSA) is 79.4 Å². The van der Waals surface area contributed by atoms with E-state index in [0.717, 1.165) is 23.4 Å². The van der Waals surface area contributed by atoms with Crippen LogP contribution in [0.15, 0.2) is 52.7 Å². The van der Waals surface area contributed by atoms with E-state index in [1.165, 1.54) is 38.9 Å². The molecule has 1 unspecified atom stereocenters. The molecule has 1 atom stereocenters. The van der Waals surface area contributed by atoms with E-state index in [0.29, 0.717) is 24.5 Å². The van der Waals surface area contributed by atoms with E-state index in [-0.39, 0.29) is 17.3 Å². The van der Waals surface area contributed by atoms with Crippen molar-refractivity contribution in [1.82, 2.24) is 9.29 Å². The van der Waals surface area contributed by atoms with Crippen LogP contribution < -0.4 is 5.32 Å². The quantitative estimate of drug-likeness (QED) is 0.587. The van der Waals surface area contributed by atoms with Gasteiger partial charge in [0.2, 0.25) is 15.9 Å². The Labute approximate surface area is 191 Å². The normalized spacial score (nSPS) is 17.3. The molecule has 3 aromatic rings. The minimum absolute atomic E-state index is 0.0258. The van der Waals surface area contributed by atoms with E-state index in [4.69, 9.17) is 0 Å². The van der Waals surface area contributed by atoms with E-state index in [2.05, 4.69) is 23.3 Å². The van der Waals surface area contributed by atoms with Gasteiger partial charge in [-0.2, -0.15) is 4.31 Å². The number of halogens is 1. The lowest BCUT2D eigenvalue weighted by Crippen LogP contribution is -2.43. The zero-order valence-electron chi connectivity index (χ0n) is 17.8. The third-order valence-electron chi connectivity index (χ3n) is 5.74. The van der Waals surface area contributed by atoms with Crippen LogP contribution in [0.2, 0.25) is 0 Å². The summed E-state index contributed by atoms with van der Waals surface area (Å²) in [6, 6.07) is 10.8. The maximum Gasteiger partial charge on any atom is 0.243 e. The van der Waals surface area contributed by atoms with Gasteiger partial charge >= 0.3 is 0 Å². The molecule has 0 aliphatic carbocycles. The Hall–Kier alpha value is -2.62. The molecule has 168 valence electrons. The van der Waals surface area contributed by atoms with Gasteiger partial charge in [-0.3, -0.25) is 4.79 Å². The highest BCUT2D eigenvalue weighted by Crippen LogP contribution is 2.28. The van der Waals surface area contributed by atoms with Crippen LogP contribution in [0.25, 0.3) is 11.3 Å². The average Bonchev–Trinajstić information content (AvgIpc) is 3.24. The van der Waals surface area contributed by atoms with Crippen molar-refractivity contribution in [3.05, 3.63) is 64.8 Å². The van der Waals surface area contributed by atoms with Crippen molar-refractivity contribution in [2.45, 2.75) is 31.6 Å². The molecule has 1 aliphatic heterocycles. The van der Waals surface area contributed by atoms with Gasteiger partial charge in [0.25, 0.3) is 0 Å². The highest BCUT2D eigenvalue weighted by molar-refractivity contribution is 7.89. The Morgan fingerprint density at radius 2 is 1.91 bits per heavy atom. The third-order valence-corrected chi connectivity index (χ3v) is 8.38. The molecule has 1 aliphatic rings.